The zero-order valence-corrected chi connectivity index (χ0v) is 12.5. The second-order valence-corrected chi connectivity index (χ2v) is 6.20. The van der Waals surface area contributed by atoms with Gasteiger partial charge in [0.05, 0.1) is 6.54 Å². The fourth-order valence-corrected chi connectivity index (χ4v) is 2.09. The highest BCUT2D eigenvalue weighted by atomic mass is 35.5. The molecule has 0 heterocycles. The van der Waals surface area contributed by atoms with Crippen molar-refractivity contribution in [2.45, 2.75) is 17.7 Å². The number of carbonyl (C=O) groups excluding carboxylic acids is 3. The van der Waals surface area contributed by atoms with Crippen molar-refractivity contribution in [1.82, 2.24) is 10.2 Å². The van der Waals surface area contributed by atoms with Gasteiger partial charge in [0, 0.05) is 20.5 Å². The summed E-state index contributed by atoms with van der Waals surface area (Å²) in [5.74, 6) is -1.40. The van der Waals surface area contributed by atoms with Crippen LogP contribution in [0.4, 0.5) is 0 Å². The van der Waals surface area contributed by atoms with Crippen molar-refractivity contribution in [2.75, 3.05) is 27.2 Å². The molecule has 6 nitrogen and oxygen atoms in total. The zero-order chi connectivity index (χ0) is 14.8. The van der Waals surface area contributed by atoms with Gasteiger partial charge in [0.25, 0.3) is 5.91 Å². The number of halogens is 2. The second kappa shape index (κ2) is 5.54. The molecule has 1 fully saturated rings. The second-order valence-electron chi connectivity index (χ2n) is 4.71. The first kappa shape index (κ1) is 16.0. The number of likely N-dealkylation sites (N-methyl/N-ethyl adjacent to an activating group) is 2. The van der Waals surface area contributed by atoms with Crippen LogP contribution in [0.25, 0.3) is 0 Å². The Balaban J connectivity index is 2.39. The molecule has 0 aromatic rings. The summed E-state index contributed by atoms with van der Waals surface area (Å²) >= 11 is 11.7. The monoisotopic (exact) mass is 310 g/mol. The van der Waals surface area contributed by atoms with E-state index < -0.39 is 28.2 Å². The van der Waals surface area contributed by atoms with E-state index in [4.69, 9.17) is 27.9 Å². The third-order valence-electron chi connectivity index (χ3n) is 3.12. The minimum atomic E-state index is -1.12. The third-order valence-corrected chi connectivity index (χ3v) is 4.22. The maximum Gasteiger partial charge on any atom is 0.315 e. The fraction of sp³-hybridized carbons (Fsp3) is 0.727. The van der Waals surface area contributed by atoms with Gasteiger partial charge < -0.3 is 15.0 Å². The van der Waals surface area contributed by atoms with E-state index in [2.05, 4.69) is 5.32 Å². The summed E-state index contributed by atoms with van der Waals surface area (Å²) in [6.07, 6.45) is 0.296. The number of rotatable bonds is 5. The first-order valence-electron chi connectivity index (χ1n) is 5.63. The minimum absolute atomic E-state index is 0.0981. The zero-order valence-electron chi connectivity index (χ0n) is 11.0. The Labute approximate surface area is 121 Å². The van der Waals surface area contributed by atoms with Gasteiger partial charge in [0.15, 0.2) is 6.61 Å². The van der Waals surface area contributed by atoms with E-state index in [1.54, 1.807) is 6.92 Å². The van der Waals surface area contributed by atoms with Crippen molar-refractivity contribution in [3.05, 3.63) is 0 Å². The minimum Gasteiger partial charge on any atom is -0.455 e. The number of carbonyl (C=O) groups is 3. The maximum absolute atomic E-state index is 11.7. The molecule has 1 aliphatic rings. The molecule has 108 valence electrons. The van der Waals surface area contributed by atoms with E-state index >= 15 is 0 Å². The Morgan fingerprint density at radius 2 is 1.89 bits per heavy atom. The number of nitrogens with one attached hydrogen (secondary N) is 1. The van der Waals surface area contributed by atoms with Gasteiger partial charge >= 0.3 is 5.97 Å². The molecule has 1 atom stereocenters. The maximum atomic E-state index is 11.7. The Kier molecular flexibility index (Phi) is 4.68. The first-order chi connectivity index (χ1) is 8.64. The van der Waals surface area contributed by atoms with Crippen LogP contribution in [-0.4, -0.2) is 54.3 Å². The van der Waals surface area contributed by atoms with Crippen LogP contribution < -0.4 is 5.32 Å². The molecule has 0 aromatic heterocycles. The Morgan fingerprint density at radius 1 is 1.37 bits per heavy atom. The highest BCUT2D eigenvalue weighted by molar-refractivity contribution is 6.53. The lowest BCUT2D eigenvalue weighted by molar-refractivity contribution is -0.156. The smallest absolute Gasteiger partial charge is 0.315 e. The van der Waals surface area contributed by atoms with Crippen molar-refractivity contribution in [3.8, 4) is 0 Å². The van der Waals surface area contributed by atoms with Crippen LogP contribution in [0.5, 0.6) is 0 Å². The molecule has 8 heteroatoms. The molecule has 0 aliphatic heterocycles. The number of esters is 1. The van der Waals surface area contributed by atoms with Crippen molar-refractivity contribution in [1.29, 1.82) is 0 Å². The van der Waals surface area contributed by atoms with Crippen LogP contribution in [0.2, 0.25) is 0 Å². The van der Waals surface area contributed by atoms with Gasteiger partial charge in [-0.05, 0) is 6.92 Å². The van der Waals surface area contributed by atoms with Crippen LogP contribution in [0.3, 0.4) is 0 Å². The standard InChI is InChI=1S/C11H16Cl2N2O4/c1-10(6-11(10,12)13)9(18)19-5-8(17)15(3)4-7(16)14-2/h4-6H2,1-3H3,(H,14,16)/t10-/m0/s1. The molecule has 1 rings (SSSR count). The van der Waals surface area contributed by atoms with Gasteiger partial charge in [-0.1, -0.05) is 0 Å². The summed E-state index contributed by atoms with van der Waals surface area (Å²) in [4.78, 5) is 35.6. The molecule has 0 spiro atoms. The average Bonchev–Trinajstić information content (AvgIpc) is 2.86. The molecular weight excluding hydrogens is 295 g/mol. The topological polar surface area (TPSA) is 75.7 Å². The van der Waals surface area contributed by atoms with E-state index in [-0.39, 0.29) is 12.5 Å². The molecule has 0 saturated heterocycles. The number of nitrogens with zero attached hydrogens (tertiary/aromatic N) is 1. The predicted octanol–water partition coefficient (Wildman–Crippen LogP) is 0.318. The number of ether oxygens (including phenoxy) is 1. The van der Waals surface area contributed by atoms with Gasteiger partial charge in [0.2, 0.25) is 5.91 Å². The van der Waals surface area contributed by atoms with Crippen LogP contribution >= 0.6 is 23.2 Å². The summed E-state index contributed by atoms with van der Waals surface area (Å²) in [5, 5.41) is 2.39. The third kappa shape index (κ3) is 3.51. The summed E-state index contributed by atoms with van der Waals surface area (Å²) in [5.41, 5.74) is -0.963. The quantitative estimate of drug-likeness (QED) is 0.586. The molecular formula is C11H16Cl2N2O4. The first-order valence-corrected chi connectivity index (χ1v) is 6.39. The number of hydrogen-bond donors (Lipinski definition) is 1. The Morgan fingerprint density at radius 3 is 2.32 bits per heavy atom. The number of amides is 2. The summed E-state index contributed by atoms with van der Waals surface area (Å²) in [7, 11) is 2.91. The molecule has 19 heavy (non-hydrogen) atoms. The van der Waals surface area contributed by atoms with Gasteiger partial charge in [-0.3, -0.25) is 14.4 Å². The normalized spacial score (nSPS) is 23.4. The molecule has 0 radical (unpaired) electrons. The van der Waals surface area contributed by atoms with Crippen molar-refractivity contribution in [2.24, 2.45) is 5.41 Å². The lowest BCUT2D eigenvalue weighted by Gasteiger charge is -2.17. The SMILES string of the molecule is CNC(=O)CN(C)C(=O)COC(=O)[C@]1(C)CC1(Cl)Cl. The summed E-state index contributed by atoms with van der Waals surface area (Å²) < 4.78 is 3.75. The molecule has 1 N–H and O–H groups in total. The molecule has 0 aromatic carbocycles. The Hall–Kier alpha value is -1.01. The van der Waals surface area contributed by atoms with Crippen LogP contribution in [0.15, 0.2) is 0 Å². The van der Waals surface area contributed by atoms with E-state index in [1.807, 2.05) is 0 Å². The van der Waals surface area contributed by atoms with Crippen LogP contribution in [0.1, 0.15) is 13.3 Å². The highest BCUT2D eigenvalue weighted by Gasteiger charge is 2.69. The predicted molar refractivity (Wildman–Crippen MR) is 69.8 cm³/mol. The van der Waals surface area contributed by atoms with Crippen molar-refractivity contribution < 1.29 is 19.1 Å². The summed E-state index contributed by atoms with van der Waals surface area (Å²) in [6, 6.07) is 0. The van der Waals surface area contributed by atoms with E-state index in [1.165, 1.54) is 14.1 Å². The van der Waals surface area contributed by atoms with Crippen LogP contribution in [-0.2, 0) is 19.1 Å². The van der Waals surface area contributed by atoms with Crippen molar-refractivity contribution >= 4 is 41.0 Å². The van der Waals surface area contributed by atoms with Gasteiger partial charge in [-0.2, -0.15) is 0 Å². The average molecular weight is 311 g/mol. The van der Waals surface area contributed by atoms with Gasteiger partial charge in [0.1, 0.15) is 9.75 Å². The lowest BCUT2D eigenvalue weighted by atomic mass is 10.1. The molecule has 2 amide bonds. The van der Waals surface area contributed by atoms with Crippen molar-refractivity contribution in [3.63, 3.8) is 0 Å². The van der Waals surface area contributed by atoms with E-state index in [9.17, 15) is 14.4 Å². The number of alkyl halides is 2. The number of hydrogen-bond acceptors (Lipinski definition) is 4. The summed E-state index contributed by atoms with van der Waals surface area (Å²) in [6.45, 7) is 1.04. The largest absolute Gasteiger partial charge is 0.455 e. The van der Waals surface area contributed by atoms with Gasteiger partial charge in [-0.25, -0.2) is 0 Å². The highest BCUT2D eigenvalue weighted by Crippen LogP contribution is 2.64. The molecule has 1 aliphatic carbocycles. The Bertz CT molecular complexity index is 413. The van der Waals surface area contributed by atoms with Crippen LogP contribution in [0, 0.1) is 5.41 Å². The van der Waals surface area contributed by atoms with E-state index in [0.29, 0.717) is 6.42 Å². The molecule has 0 unspecified atom stereocenters. The fourth-order valence-electron chi connectivity index (χ4n) is 1.40. The van der Waals surface area contributed by atoms with E-state index in [0.717, 1.165) is 4.90 Å². The lowest BCUT2D eigenvalue weighted by Crippen LogP contribution is -2.39. The molecule has 0 bridgehead atoms. The van der Waals surface area contributed by atoms with Gasteiger partial charge in [-0.15, -0.1) is 23.2 Å². The molecule has 1 saturated carbocycles.